The van der Waals surface area contributed by atoms with Crippen LogP contribution >= 0.6 is 11.3 Å². The van der Waals surface area contributed by atoms with E-state index in [4.69, 9.17) is 4.98 Å². The highest BCUT2D eigenvalue weighted by Gasteiger charge is 2.43. The molecule has 2 aliphatic carbocycles. The van der Waals surface area contributed by atoms with Gasteiger partial charge >= 0.3 is 0 Å². The highest BCUT2D eigenvalue weighted by atomic mass is 32.1. The molecular weight excluding hydrogens is 316 g/mol. The van der Waals surface area contributed by atoms with Gasteiger partial charge in [0.2, 0.25) is 5.91 Å². The molecule has 1 saturated carbocycles. The Hall–Kier alpha value is -1.68. The molecule has 0 spiro atoms. The number of likely N-dealkylation sites (tertiary alicyclic amines) is 1. The summed E-state index contributed by atoms with van der Waals surface area (Å²) >= 11 is 1.76. The molecule has 4 atom stereocenters. The van der Waals surface area contributed by atoms with Crippen molar-refractivity contribution < 1.29 is 4.79 Å². The topological polar surface area (TPSA) is 33.2 Å². The molecule has 2 aromatic rings. The lowest BCUT2D eigenvalue weighted by atomic mass is 9.90. The third kappa shape index (κ3) is 2.31. The SMILES string of the molecule is O=C([C@H]1C[C@H]2C=C[C@H]1C2)N1CCCC[C@H]1c1nc2ccccc2s1. The maximum atomic E-state index is 13.3. The number of para-hydroxylation sites is 1. The molecule has 0 radical (unpaired) electrons. The molecular formula is C20H22N2OS. The Morgan fingerprint density at radius 1 is 1.17 bits per heavy atom. The number of allylic oxidation sites excluding steroid dienone is 2. The van der Waals surface area contributed by atoms with Crippen LogP contribution < -0.4 is 0 Å². The number of nitrogens with zero attached hydrogens (tertiary/aromatic N) is 2. The van der Waals surface area contributed by atoms with Crippen molar-refractivity contribution in [2.45, 2.75) is 38.1 Å². The molecule has 1 saturated heterocycles. The Kier molecular flexibility index (Phi) is 3.47. The van der Waals surface area contributed by atoms with Gasteiger partial charge in [0.25, 0.3) is 0 Å². The van der Waals surface area contributed by atoms with Gasteiger partial charge in [-0.15, -0.1) is 11.3 Å². The summed E-state index contributed by atoms with van der Waals surface area (Å²) in [6.07, 6.45) is 10.2. The van der Waals surface area contributed by atoms with E-state index in [2.05, 4.69) is 35.3 Å². The Balaban J connectivity index is 1.45. The summed E-state index contributed by atoms with van der Waals surface area (Å²) in [5.74, 6) is 1.74. The van der Waals surface area contributed by atoms with Gasteiger partial charge in [-0.1, -0.05) is 24.3 Å². The zero-order chi connectivity index (χ0) is 16.1. The van der Waals surface area contributed by atoms with Gasteiger partial charge in [0.1, 0.15) is 5.01 Å². The Morgan fingerprint density at radius 2 is 2.08 bits per heavy atom. The maximum absolute atomic E-state index is 13.3. The average molecular weight is 338 g/mol. The lowest BCUT2D eigenvalue weighted by Gasteiger charge is -2.37. The van der Waals surface area contributed by atoms with E-state index in [1.54, 1.807) is 11.3 Å². The van der Waals surface area contributed by atoms with E-state index in [1.165, 1.54) is 17.5 Å². The molecule has 1 aromatic heterocycles. The van der Waals surface area contributed by atoms with Gasteiger partial charge < -0.3 is 4.90 Å². The van der Waals surface area contributed by atoms with Crippen LogP contribution in [-0.2, 0) is 4.79 Å². The normalized spacial score (nSPS) is 31.9. The van der Waals surface area contributed by atoms with Crippen molar-refractivity contribution >= 4 is 27.5 Å². The minimum Gasteiger partial charge on any atom is -0.333 e. The van der Waals surface area contributed by atoms with Crippen molar-refractivity contribution in [1.82, 2.24) is 9.88 Å². The molecule has 2 bridgehead atoms. The summed E-state index contributed by atoms with van der Waals surface area (Å²) < 4.78 is 1.23. The molecule has 4 heteroatoms. The minimum absolute atomic E-state index is 0.187. The zero-order valence-corrected chi connectivity index (χ0v) is 14.5. The maximum Gasteiger partial charge on any atom is 0.226 e. The Labute approximate surface area is 146 Å². The number of thiazole rings is 1. The number of carbonyl (C=O) groups is 1. The highest BCUT2D eigenvalue weighted by Crippen LogP contribution is 2.46. The van der Waals surface area contributed by atoms with Gasteiger partial charge in [0, 0.05) is 12.5 Å². The van der Waals surface area contributed by atoms with Crippen LogP contribution in [0.4, 0.5) is 0 Å². The van der Waals surface area contributed by atoms with Gasteiger partial charge in [-0.25, -0.2) is 4.98 Å². The summed E-state index contributed by atoms with van der Waals surface area (Å²) in [7, 11) is 0. The molecule has 0 unspecified atom stereocenters. The second-order valence-corrected chi connectivity index (χ2v) is 8.51. The van der Waals surface area contributed by atoms with E-state index < -0.39 is 0 Å². The van der Waals surface area contributed by atoms with E-state index in [1.807, 2.05) is 6.07 Å². The van der Waals surface area contributed by atoms with E-state index in [0.717, 1.165) is 36.3 Å². The number of hydrogen-bond acceptors (Lipinski definition) is 3. The molecule has 24 heavy (non-hydrogen) atoms. The first-order chi connectivity index (χ1) is 11.8. The molecule has 3 aliphatic rings. The fourth-order valence-electron chi connectivity index (χ4n) is 4.76. The number of carbonyl (C=O) groups excluding carboxylic acids is 1. The molecule has 124 valence electrons. The van der Waals surface area contributed by atoms with Gasteiger partial charge in [-0.05, 0) is 56.1 Å². The minimum atomic E-state index is 0.187. The summed E-state index contributed by atoms with van der Waals surface area (Å²) in [6, 6.07) is 8.50. The summed E-state index contributed by atoms with van der Waals surface area (Å²) in [4.78, 5) is 20.3. The third-order valence-corrected chi connectivity index (χ3v) is 7.12. The van der Waals surface area contributed by atoms with Crippen LogP contribution in [0.3, 0.4) is 0 Å². The second-order valence-electron chi connectivity index (χ2n) is 7.45. The van der Waals surface area contributed by atoms with Gasteiger partial charge in [-0.3, -0.25) is 4.79 Å². The number of amides is 1. The van der Waals surface area contributed by atoms with Crippen LogP contribution in [0.2, 0.25) is 0 Å². The number of piperidine rings is 1. The van der Waals surface area contributed by atoms with Crippen molar-refractivity contribution in [2.75, 3.05) is 6.54 Å². The number of aromatic nitrogens is 1. The largest absolute Gasteiger partial charge is 0.333 e. The van der Waals surface area contributed by atoms with Crippen LogP contribution in [0, 0.1) is 17.8 Å². The summed E-state index contributed by atoms with van der Waals surface area (Å²) in [5.41, 5.74) is 1.07. The van der Waals surface area contributed by atoms with E-state index in [9.17, 15) is 4.79 Å². The third-order valence-electron chi connectivity index (χ3n) is 5.98. The smallest absolute Gasteiger partial charge is 0.226 e. The van der Waals surface area contributed by atoms with Crippen LogP contribution in [0.25, 0.3) is 10.2 Å². The molecule has 1 amide bonds. The Bertz CT molecular complexity index is 778. The van der Waals surface area contributed by atoms with Crippen molar-refractivity contribution in [1.29, 1.82) is 0 Å². The predicted octanol–water partition coefficient (Wildman–Crippen LogP) is 4.56. The fourth-order valence-corrected chi connectivity index (χ4v) is 5.88. The first-order valence-corrected chi connectivity index (χ1v) is 9.95. The molecule has 2 fully saturated rings. The van der Waals surface area contributed by atoms with Crippen LogP contribution in [0.5, 0.6) is 0 Å². The standard InChI is InChI=1S/C20H22N2OS/c23-20(15-12-13-8-9-14(15)11-13)22-10-4-3-6-17(22)19-21-16-5-1-2-7-18(16)24-19/h1-2,5,7-9,13-15,17H,3-4,6,10-12H2/t13-,14-,15-,17-/m0/s1. The molecule has 1 aliphatic heterocycles. The quantitative estimate of drug-likeness (QED) is 0.752. The lowest BCUT2D eigenvalue weighted by molar-refractivity contribution is -0.140. The van der Waals surface area contributed by atoms with Gasteiger partial charge in [0.05, 0.1) is 16.3 Å². The van der Waals surface area contributed by atoms with Crippen LogP contribution in [-0.4, -0.2) is 22.3 Å². The number of benzene rings is 1. The lowest BCUT2D eigenvalue weighted by Crippen LogP contribution is -2.42. The summed E-state index contributed by atoms with van der Waals surface area (Å²) in [6.45, 7) is 0.900. The first kappa shape index (κ1) is 14.6. The van der Waals surface area contributed by atoms with Crippen molar-refractivity contribution in [3.63, 3.8) is 0 Å². The zero-order valence-electron chi connectivity index (χ0n) is 13.7. The first-order valence-electron chi connectivity index (χ1n) is 9.14. The molecule has 3 nitrogen and oxygen atoms in total. The predicted molar refractivity (Wildman–Crippen MR) is 96.8 cm³/mol. The monoisotopic (exact) mass is 338 g/mol. The van der Waals surface area contributed by atoms with Gasteiger partial charge in [-0.2, -0.15) is 0 Å². The fraction of sp³-hybridized carbons (Fsp3) is 0.500. The molecule has 5 rings (SSSR count). The van der Waals surface area contributed by atoms with E-state index >= 15 is 0 Å². The molecule has 0 N–H and O–H groups in total. The van der Waals surface area contributed by atoms with Crippen LogP contribution in [0.15, 0.2) is 36.4 Å². The summed E-state index contributed by atoms with van der Waals surface area (Å²) in [5, 5.41) is 1.13. The second kappa shape index (κ2) is 5.69. The van der Waals surface area contributed by atoms with E-state index in [-0.39, 0.29) is 12.0 Å². The highest BCUT2D eigenvalue weighted by molar-refractivity contribution is 7.18. The Morgan fingerprint density at radius 3 is 2.88 bits per heavy atom. The molecule has 1 aromatic carbocycles. The van der Waals surface area contributed by atoms with Gasteiger partial charge in [0.15, 0.2) is 0 Å². The average Bonchev–Trinajstić information content (AvgIpc) is 3.35. The van der Waals surface area contributed by atoms with Crippen molar-refractivity contribution in [3.8, 4) is 0 Å². The van der Waals surface area contributed by atoms with E-state index in [0.29, 0.717) is 17.7 Å². The number of hydrogen-bond donors (Lipinski definition) is 0. The molecule has 2 heterocycles. The van der Waals surface area contributed by atoms with Crippen LogP contribution in [0.1, 0.15) is 43.2 Å². The number of fused-ring (bicyclic) bond motifs is 3. The van der Waals surface area contributed by atoms with Crippen molar-refractivity contribution in [3.05, 3.63) is 41.4 Å². The van der Waals surface area contributed by atoms with Crippen molar-refractivity contribution in [2.24, 2.45) is 17.8 Å². The number of rotatable bonds is 2.